The van der Waals surface area contributed by atoms with Crippen LogP contribution in [0.1, 0.15) is 11.1 Å². The van der Waals surface area contributed by atoms with E-state index in [1.165, 1.54) is 6.92 Å². The van der Waals surface area contributed by atoms with Crippen LogP contribution in [0.3, 0.4) is 0 Å². The van der Waals surface area contributed by atoms with Crippen LogP contribution in [-0.4, -0.2) is 5.11 Å². The molecule has 3 heteroatoms. The summed E-state index contributed by atoms with van der Waals surface area (Å²) in [5.74, 6) is -1.64. The smallest absolute Gasteiger partial charge is 0.166 e. The zero-order valence-corrected chi connectivity index (χ0v) is 9.37. The van der Waals surface area contributed by atoms with Gasteiger partial charge < -0.3 is 5.11 Å². The average molecular weight is 234 g/mol. The Morgan fingerprint density at radius 3 is 2.18 bits per heavy atom. The summed E-state index contributed by atoms with van der Waals surface area (Å²) in [6.45, 7) is 1.46. The molecule has 1 nitrogen and oxygen atoms in total. The first-order chi connectivity index (χ1) is 8.13. The zero-order valence-electron chi connectivity index (χ0n) is 9.37. The first-order valence-electron chi connectivity index (χ1n) is 5.28. The second kappa shape index (κ2) is 4.63. The van der Waals surface area contributed by atoms with Crippen molar-refractivity contribution in [1.82, 2.24) is 0 Å². The number of aryl methyl sites for hydroxylation is 1. The van der Waals surface area contributed by atoms with Gasteiger partial charge in [-0.2, -0.15) is 0 Å². The lowest BCUT2D eigenvalue weighted by molar-refractivity contribution is 0.282. The molecule has 17 heavy (non-hydrogen) atoms. The summed E-state index contributed by atoms with van der Waals surface area (Å²) in [6.07, 6.45) is 0. The molecule has 1 N–H and O–H groups in total. The lowest BCUT2D eigenvalue weighted by Crippen LogP contribution is -1.93. The Labute approximate surface area is 98.3 Å². The number of hydrogen-bond acceptors (Lipinski definition) is 1. The standard InChI is InChI=1S/C14H12F2O/c1-9-2-7-12(14(16)13(9)15)11-5-3-10(8-17)4-6-11/h2-7,17H,8H2,1H3. The van der Waals surface area contributed by atoms with E-state index >= 15 is 0 Å². The van der Waals surface area contributed by atoms with Crippen LogP contribution in [0.2, 0.25) is 0 Å². The highest BCUT2D eigenvalue weighted by Gasteiger charge is 2.12. The number of halogens is 2. The molecule has 0 heterocycles. The third-order valence-electron chi connectivity index (χ3n) is 2.72. The lowest BCUT2D eigenvalue weighted by Gasteiger charge is -2.06. The number of aliphatic hydroxyl groups is 1. The fourth-order valence-corrected chi connectivity index (χ4v) is 1.66. The molecule has 2 aromatic rings. The van der Waals surface area contributed by atoms with Crippen molar-refractivity contribution in [1.29, 1.82) is 0 Å². The fourth-order valence-electron chi connectivity index (χ4n) is 1.66. The first kappa shape index (κ1) is 11.7. The molecule has 0 fully saturated rings. The van der Waals surface area contributed by atoms with Crippen molar-refractivity contribution >= 4 is 0 Å². The van der Waals surface area contributed by atoms with Gasteiger partial charge in [0.2, 0.25) is 0 Å². The molecule has 88 valence electrons. The Bertz CT molecular complexity index is 533. The van der Waals surface area contributed by atoms with Crippen molar-refractivity contribution in [2.45, 2.75) is 13.5 Å². The Morgan fingerprint density at radius 2 is 1.59 bits per heavy atom. The summed E-state index contributed by atoms with van der Waals surface area (Å²) < 4.78 is 27.1. The largest absolute Gasteiger partial charge is 0.392 e. The highest BCUT2D eigenvalue weighted by Crippen LogP contribution is 2.26. The first-order valence-corrected chi connectivity index (χ1v) is 5.28. The van der Waals surface area contributed by atoms with Gasteiger partial charge in [-0.15, -0.1) is 0 Å². The summed E-state index contributed by atoms with van der Waals surface area (Å²) in [4.78, 5) is 0. The Morgan fingerprint density at radius 1 is 0.941 bits per heavy atom. The van der Waals surface area contributed by atoms with Crippen LogP contribution in [0, 0.1) is 18.6 Å². The van der Waals surface area contributed by atoms with Crippen molar-refractivity contribution < 1.29 is 13.9 Å². The molecule has 0 unspecified atom stereocenters. The van der Waals surface area contributed by atoms with E-state index in [4.69, 9.17) is 5.11 Å². The maximum Gasteiger partial charge on any atom is 0.166 e. The highest BCUT2D eigenvalue weighted by molar-refractivity contribution is 5.65. The Kier molecular flexibility index (Phi) is 3.20. The van der Waals surface area contributed by atoms with Crippen molar-refractivity contribution in [3.63, 3.8) is 0 Å². The number of rotatable bonds is 2. The Balaban J connectivity index is 2.49. The van der Waals surface area contributed by atoms with Crippen LogP contribution < -0.4 is 0 Å². The minimum Gasteiger partial charge on any atom is -0.392 e. The van der Waals surface area contributed by atoms with Crippen molar-refractivity contribution in [3.8, 4) is 11.1 Å². The van der Waals surface area contributed by atoms with Gasteiger partial charge in [-0.1, -0.05) is 36.4 Å². The molecule has 0 saturated heterocycles. The van der Waals surface area contributed by atoms with Crippen LogP contribution in [0.5, 0.6) is 0 Å². The molecule has 2 rings (SSSR count). The van der Waals surface area contributed by atoms with Gasteiger partial charge in [-0.3, -0.25) is 0 Å². The van der Waals surface area contributed by atoms with Gasteiger partial charge in [0.05, 0.1) is 6.61 Å². The summed E-state index contributed by atoms with van der Waals surface area (Å²) in [6, 6.07) is 9.81. The number of benzene rings is 2. The third-order valence-corrected chi connectivity index (χ3v) is 2.72. The van der Waals surface area contributed by atoms with Crippen LogP contribution in [0.4, 0.5) is 8.78 Å². The summed E-state index contributed by atoms with van der Waals surface area (Å²) >= 11 is 0. The average Bonchev–Trinajstić information content (AvgIpc) is 2.36. The Hall–Kier alpha value is -1.74. The van der Waals surface area contributed by atoms with Gasteiger partial charge in [0.25, 0.3) is 0 Å². The van der Waals surface area contributed by atoms with Gasteiger partial charge in [0.1, 0.15) is 0 Å². The molecular formula is C14H12F2O. The van der Waals surface area contributed by atoms with Gasteiger partial charge in [0.15, 0.2) is 11.6 Å². The fraction of sp³-hybridized carbons (Fsp3) is 0.143. The summed E-state index contributed by atoms with van der Waals surface area (Å²) in [5, 5.41) is 8.90. The molecule has 0 bridgehead atoms. The third kappa shape index (κ3) is 2.19. The van der Waals surface area contributed by atoms with Crippen LogP contribution >= 0.6 is 0 Å². The molecule has 0 aromatic heterocycles. The van der Waals surface area contributed by atoms with Crippen molar-refractivity contribution in [2.75, 3.05) is 0 Å². The molecule has 0 spiro atoms. The van der Waals surface area contributed by atoms with E-state index in [0.29, 0.717) is 11.1 Å². The molecule has 0 aliphatic rings. The van der Waals surface area contributed by atoms with E-state index in [1.807, 2.05) is 0 Å². The molecule has 0 amide bonds. The maximum absolute atomic E-state index is 13.7. The highest BCUT2D eigenvalue weighted by atomic mass is 19.2. The van der Waals surface area contributed by atoms with Crippen molar-refractivity contribution in [2.24, 2.45) is 0 Å². The van der Waals surface area contributed by atoms with E-state index in [-0.39, 0.29) is 12.2 Å². The number of hydrogen-bond donors (Lipinski definition) is 1. The van der Waals surface area contributed by atoms with Gasteiger partial charge in [0, 0.05) is 5.56 Å². The van der Waals surface area contributed by atoms with Crippen LogP contribution in [-0.2, 0) is 6.61 Å². The lowest BCUT2D eigenvalue weighted by atomic mass is 10.0. The zero-order chi connectivity index (χ0) is 12.4. The van der Waals surface area contributed by atoms with E-state index in [2.05, 4.69) is 0 Å². The predicted molar refractivity (Wildman–Crippen MR) is 62.5 cm³/mol. The molecule has 0 saturated carbocycles. The topological polar surface area (TPSA) is 20.2 Å². The van der Waals surface area contributed by atoms with Gasteiger partial charge in [-0.25, -0.2) is 8.78 Å². The van der Waals surface area contributed by atoms with Gasteiger partial charge >= 0.3 is 0 Å². The van der Waals surface area contributed by atoms with Gasteiger partial charge in [-0.05, 0) is 23.6 Å². The molecule has 0 radical (unpaired) electrons. The predicted octanol–water partition coefficient (Wildman–Crippen LogP) is 3.43. The molecule has 0 atom stereocenters. The monoisotopic (exact) mass is 234 g/mol. The SMILES string of the molecule is Cc1ccc(-c2ccc(CO)cc2)c(F)c1F. The van der Waals surface area contributed by atoms with Crippen molar-refractivity contribution in [3.05, 3.63) is 59.2 Å². The second-order valence-electron chi connectivity index (χ2n) is 3.91. The summed E-state index contributed by atoms with van der Waals surface area (Å²) in [5.41, 5.74) is 1.86. The maximum atomic E-state index is 13.7. The van der Waals surface area contributed by atoms with Crippen LogP contribution in [0.15, 0.2) is 36.4 Å². The molecule has 0 aliphatic carbocycles. The van der Waals surface area contributed by atoms with E-state index in [9.17, 15) is 8.78 Å². The normalized spacial score (nSPS) is 10.6. The van der Waals surface area contributed by atoms with E-state index in [0.717, 1.165) is 5.56 Å². The van der Waals surface area contributed by atoms with Crippen LogP contribution in [0.25, 0.3) is 11.1 Å². The number of aliphatic hydroxyl groups excluding tert-OH is 1. The molecular weight excluding hydrogens is 222 g/mol. The quantitative estimate of drug-likeness (QED) is 0.844. The van der Waals surface area contributed by atoms with E-state index in [1.54, 1.807) is 36.4 Å². The minimum absolute atomic E-state index is 0.0645. The minimum atomic E-state index is -0.832. The second-order valence-corrected chi connectivity index (χ2v) is 3.91. The molecule has 0 aliphatic heterocycles. The summed E-state index contributed by atoms with van der Waals surface area (Å²) in [7, 11) is 0. The van der Waals surface area contributed by atoms with E-state index < -0.39 is 11.6 Å². The molecule has 2 aromatic carbocycles.